The van der Waals surface area contributed by atoms with E-state index in [1.165, 1.54) is 12.1 Å². The highest BCUT2D eigenvalue weighted by atomic mass is 19.2. The van der Waals surface area contributed by atoms with Crippen LogP contribution >= 0.6 is 0 Å². The van der Waals surface area contributed by atoms with Crippen molar-refractivity contribution in [3.63, 3.8) is 0 Å². The van der Waals surface area contributed by atoms with Gasteiger partial charge in [0.05, 0.1) is 5.56 Å². The van der Waals surface area contributed by atoms with E-state index < -0.39 is 28.5 Å². The Morgan fingerprint density at radius 2 is 1.87 bits per heavy atom. The lowest BCUT2D eigenvalue weighted by molar-refractivity contribution is 0.452. The van der Waals surface area contributed by atoms with Crippen LogP contribution in [-0.2, 0) is 0 Å². The summed E-state index contributed by atoms with van der Waals surface area (Å²) in [6.07, 6.45) is 0.785. The lowest BCUT2D eigenvalue weighted by atomic mass is 10.1. The van der Waals surface area contributed by atoms with Crippen molar-refractivity contribution in [2.75, 3.05) is 0 Å². The van der Waals surface area contributed by atoms with Gasteiger partial charge in [-0.1, -0.05) is 0 Å². The first-order chi connectivity index (χ1) is 7.10. The van der Waals surface area contributed by atoms with E-state index >= 15 is 0 Å². The number of rotatable bonds is 1. The second-order valence-corrected chi connectivity index (χ2v) is 2.58. The quantitative estimate of drug-likeness (QED) is 0.715. The molecular formula is C10H4F2N2O. The average molecular weight is 206 g/mol. The number of nitriles is 2. The number of halogens is 2. The van der Waals surface area contributed by atoms with Gasteiger partial charge in [-0.15, -0.1) is 0 Å². The molecule has 5 heteroatoms. The maximum absolute atomic E-state index is 13.1. The van der Waals surface area contributed by atoms with E-state index in [2.05, 4.69) is 0 Å². The van der Waals surface area contributed by atoms with Gasteiger partial charge in [0.25, 0.3) is 0 Å². The largest absolute Gasteiger partial charge is 0.507 e. The fourth-order valence-electron chi connectivity index (χ4n) is 0.927. The summed E-state index contributed by atoms with van der Waals surface area (Å²) in [7, 11) is 0. The van der Waals surface area contributed by atoms with Crippen LogP contribution in [0.5, 0.6) is 5.75 Å². The summed E-state index contributed by atoms with van der Waals surface area (Å²) >= 11 is 0. The van der Waals surface area contributed by atoms with Gasteiger partial charge in [0.2, 0.25) is 0 Å². The molecule has 1 N–H and O–H groups in total. The van der Waals surface area contributed by atoms with Gasteiger partial charge in [0.15, 0.2) is 11.6 Å². The maximum Gasteiger partial charge on any atom is 0.169 e. The zero-order chi connectivity index (χ0) is 11.4. The Kier molecular flexibility index (Phi) is 3.00. The molecule has 1 aromatic rings. The fourth-order valence-corrected chi connectivity index (χ4v) is 0.927. The van der Waals surface area contributed by atoms with E-state index in [1.54, 1.807) is 0 Å². The summed E-state index contributed by atoms with van der Waals surface area (Å²) in [4.78, 5) is 0. The molecule has 74 valence electrons. The highest BCUT2D eigenvalue weighted by Crippen LogP contribution is 2.24. The highest BCUT2D eigenvalue weighted by molar-refractivity contribution is 5.66. The van der Waals surface area contributed by atoms with Gasteiger partial charge in [0.1, 0.15) is 23.5 Å². The smallest absolute Gasteiger partial charge is 0.169 e. The molecule has 0 aliphatic heterocycles. The second kappa shape index (κ2) is 4.21. The van der Waals surface area contributed by atoms with Crippen molar-refractivity contribution < 1.29 is 13.9 Å². The number of aromatic hydroxyl groups is 1. The molecule has 1 aromatic carbocycles. The summed E-state index contributed by atoms with van der Waals surface area (Å²) in [6.45, 7) is 0. The molecule has 1 rings (SSSR count). The Hall–Kier alpha value is -2.40. The van der Waals surface area contributed by atoms with Gasteiger partial charge < -0.3 is 5.11 Å². The number of hydrogen-bond acceptors (Lipinski definition) is 3. The lowest BCUT2D eigenvalue weighted by Crippen LogP contribution is -1.89. The monoisotopic (exact) mass is 206 g/mol. The fraction of sp³-hybridized carbons (Fsp3) is 0. The molecule has 0 aromatic heterocycles. The molecule has 0 unspecified atom stereocenters. The molecule has 0 radical (unpaired) electrons. The number of phenols is 1. The number of benzene rings is 1. The molecule has 0 aliphatic carbocycles. The topological polar surface area (TPSA) is 67.8 Å². The number of nitrogens with zero attached hydrogens (tertiary/aromatic N) is 2. The zero-order valence-electron chi connectivity index (χ0n) is 7.33. The molecule has 0 atom stereocenters. The van der Waals surface area contributed by atoms with Gasteiger partial charge in [-0.2, -0.15) is 10.5 Å². The van der Waals surface area contributed by atoms with Crippen LogP contribution < -0.4 is 0 Å². The van der Waals surface area contributed by atoms with E-state index in [-0.39, 0.29) is 0 Å². The Morgan fingerprint density at radius 1 is 1.27 bits per heavy atom. The molecule has 0 heterocycles. The second-order valence-electron chi connectivity index (χ2n) is 2.58. The van der Waals surface area contributed by atoms with Crippen molar-refractivity contribution >= 4 is 6.08 Å². The van der Waals surface area contributed by atoms with E-state index in [4.69, 9.17) is 10.5 Å². The summed E-state index contributed by atoms with van der Waals surface area (Å²) < 4.78 is 25.8. The van der Waals surface area contributed by atoms with Crippen LogP contribution in [0, 0.1) is 34.3 Å². The van der Waals surface area contributed by atoms with Crippen LogP contribution in [0.25, 0.3) is 6.08 Å². The predicted octanol–water partition coefficient (Wildman–Crippen LogP) is 2.10. The first-order valence-electron chi connectivity index (χ1n) is 3.79. The van der Waals surface area contributed by atoms with Crippen LogP contribution in [-0.4, -0.2) is 5.11 Å². The first-order valence-corrected chi connectivity index (χ1v) is 3.79. The molecular weight excluding hydrogens is 202 g/mol. The van der Waals surface area contributed by atoms with Crippen LogP contribution in [0.2, 0.25) is 0 Å². The zero-order valence-corrected chi connectivity index (χ0v) is 7.33. The van der Waals surface area contributed by atoms with Crippen molar-refractivity contribution in [1.82, 2.24) is 0 Å². The van der Waals surface area contributed by atoms with Crippen molar-refractivity contribution in [1.29, 1.82) is 10.5 Å². The van der Waals surface area contributed by atoms with E-state index in [0.29, 0.717) is 0 Å². The maximum atomic E-state index is 13.1. The summed E-state index contributed by atoms with van der Waals surface area (Å²) in [5, 5.41) is 26.0. The minimum Gasteiger partial charge on any atom is -0.507 e. The molecule has 0 amide bonds. The average Bonchev–Trinajstić information content (AvgIpc) is 2.24. The highest BCUT2D eigenvalue weighted by Gasteiger charge is 2.11. The predicted molar refractivity (Wildman–Crippen MR) is 47.2 cm³/mol. The van der Waals surface area contributed by atoms with Crippen molar-refractivity contribution in [2.24, 2.45) is 0 Å². The summed E-state index contributed by atoms with van der Waals surface area (Å²) in [5.74, 6) is -2.98. The third kappa shape index (κ3) is 2.09. The number of phenolic OH excluding ortho intramolecular Hbond substituents is 1. The molecule has 15 heavy (non-hydrogen) atoms. The van der Waals surface area contributed by atoms with Crippen LogP contribution in [0.1, 0.15) is 5.56 Å². The minimum atomic E-state index is -1.29. The first kappa shape index (κ1) is 10.7. The molecule has 0 bridgehead atoms. The lowest BCUT2D eigenvalue weighted by Gasteiger charge is -2.01. The van der Waals surface area contributed by atoms with Crippen LogP contribution in [0.15, 0.2) is 17.7 Å². The third-order valence-electron chi connectivity index (χ3n) is 1.64. The van der Waals surface area contributed by atoms with Crippen LogP contribution in [0.3, 0.4) is 0 Å². The Balaban J connectivity index is 3.40. The molecule has 0 saturated carbocycles. The van der Waals surface area contributed by atoms with Gasteiger partial charge in [-0.05, 0) is 18.2 Å². The Morgan fingerprint density at radius 3 is 2.40 bits per heavy atom. The Labute approximate surface area is 84.1 Å². The molecule has 0 spiro atoms. The van der Waals surface area contributed by atoms with Crippen molar-refractivity contribution in [3.05, 3.63) is 34.9 Å². The SMILES string of the molecule is N#CC(C#N)=Cc1c(O)ccc(F)c1F. The van der Waals surface area contributed by atoms with Crippen molar-refractivity contribution in [2.45, 2.75) is 0 Å². The standard InChI is InChI=1S/C10H4F2N2O/c11-8-1-2-9(15)7(10(8)12)3-6(4-13)5-14/h1-3,15H. The molecule has 0 aliphatic rings. The number of allylic oxidation sites excluding steroid dienone is 1. The van der Waals surface area contributed by atoms with Gasteiger partial charge in [-0.25, -0.2) is 8.78 Å². The third-order valence-corrected chi connectivity index (χ3v) is 1.64. The number of hydrogen-bond donors (Lipinski definition) is 1. The van der Waals surface area contributed by atoms with E-state index in [0.717, 1.165) is 18.2 Å². The van der Waals surface area contributed by atoms with E-state index in [1.807, 2.05) is 0 Å². The minimum absolute atomic E-state index is 0.421. The van der Waals surface area contributed by atoms with E-state index in [9.17, 15) is 13.9 Å². The van der Waals surface area contributed by atoms with Crippen LogP contribution in [0.4, 0.5) is 8.78 Å². The van der Waals surface area contributed by atoms with Gasteiger partial charge in [0, 0.05) is 0 Å². The normalized spacial score (nSPS) is 8.80. The molecule has 0 saturated heterocycles. The van der Waals surface area contributed by atoms with Gasteiger partial charge in [-0.3, -0.25) is 0 Å². The Bertz CT molecular complexity index is 493. The molecule has 3 nitrogen and oxygen atoms in total. The van der Waals surface area contributed by atoms with Gasteiger partial charge >= 0.3 is 0 Å². The summed E-state index contributed by atoms with van der Waals surface area (Å²) in [6, 6.07) is 4.64. The van der Waals surface area contributed by atoms with Crippen molar-refractivity contribution in [3.8, 4) is 17.9 Å². The molecule has 0 fully saturated rings. The summed E-state index contributed by atoms with van der Waals surface area (Å²) in [5.41, 5.74) is -0.928.